The molecule has 2 unspecified atom stereocenters. The third-order valence-electron chi connectivity index (χ3n) is 10.4. The minimum atomic E-state index is 0.441. The van der Waals surface area contributed by atoms with Gasteiger partial charge < -0.3 is 4.74 Å². The molecular weight excluding hydrogens is 544 g/mol. The van der Waals surface area contributed by atoms with Crippen LogP contribution >= 0.6 is 0 Å². The summed E-state index contributed by atoms with van der Waals surface area (Å²) in [5.74, 6) is 0. The normalized spacial score (nSPS) is 13.1. The van der Waals surface area contributed by atoms with Crippen LogP contribution in [-0.4, -0.2) is 12.2 Å². The Kier molecular flexibility index (Phi) is 40.1. The zero-order valence-corrected chi connectivity index (χ0v) is 32.4. The second-order valence-electron chi connectivity index (χ2n) is 15.4. The van der Waals surface area contributed by atoms with Crippen molar-refractivity contribution in [1.29, 1.82) is 0 Å². The van der Waals surface area contributed by atoms with E-state index in [0.717, 1.165) is 0 Å². The molecule has 45 heavy (non-hydrogen) atoms. The van der Waals surface area contributed by atoms with Gasteiger partial charge in [0.05, 0.1) is 12.2 Å². The number of hydrogen-bond acceptors (Lipinski definition) is 1. The van der Waals surface area contributed by atoms with E-state index in [9.17, 15) is 0 Å². The topological polar surface area (TPSA) is 9.23 Å². The fraction of sp³-hybridized carbons (Fsp3) is 1.00. The average Bonchev–Trinajstić information content (AvgIpc) is 3.03. The van der Waals surface area contributed by atoms with Gasteiger partial charge in [-0.25, -0.2) is 0 Å². The third kappa shape index (κ3) is 40.1. The summed E-state index contributed by atoms with van der Waals surface area (Å²) in [4.78, 5) is 0. The predicted octanol–water partition coefficient (Wildman–Crippen LogP) is 16.6. The fourth-order valence-corrected chi connectivity index (χ4v) is 7.20. The molecule has 0 aliphatic rings. The van der Waals surface area contributed by atoms with Gasteiger partial charge in [0, 0.05) is 0 Å². The Morgan fingerprint density at radius 1 is 0.244 bits per heavy atom. The Morgan fingerprint density at radius 3 is 0.578 bits per heavy atom. The molecule has 0 fully saturated rings. The van der Waals surface area contributed by atoms with Crippen molar-refractivity contribution >= 4 is 0 Å². The van der Waals surface area contributed by atoms with E-state index in [0.29, 0.717) is 12.2 Å². The third-order valence-corrected chi connectivity index (χ3v) is 10.4. The molecule has 0 aromatic rings. The van der Waals surface area contributed by atoms with Gasteiger partial charge in [0.2, 0.25) is 0 Å². The second-order valence-corrected chi connectivity index (χ2v) is 15.4. The molecule has 0 aromatic carbocycles. The van der Waals surface area contributed by atoms with E-state index in [1.165, 1.54) is 244 Å². The molecule has 272 valence electrons. The van der Waals surface area contributed by atoms with Gasteiger partial charge in [0.25, 0.3) is 0 Å². The van der Waals surface area contributed by atoms with E-state index in [2.05, 4.69) is 27.7 Å². The largest absolute Gasteiger partial charge is 0.376 e. The minimum absolute atomic E-state index is 0.441. The SMILES string of the molecule is CCCCCCCCCCCCCCCCCCCCC(C)OC(C)CCCCCCCCCCCCCCCCCCCC. The van der Waals surface area contributed by atoms with Gasteiger partial charge in [-0.1, -0.05) is 245 Å². The van der Waals surface area contributed by atoms with Crippen LogP contribution in [0.4, 0.5) is 0 Å². The first-order valence-corrected chi connectivity index (χ1v) is 21.9. The van der Waals surface area contributed by atoms with Crippen LogP contribution in [0.1, 0.15) is 272 Å². The zero-order valence-electron chi connectivity index (χ0n) is 32.4. The maximum atomic E-state index is 6.32. The van der Waals surface area contributed by atoms with Gasteiger partial charge in [-0.2, -0.15) is 0 Å². The van der Waals surface area contributed by atoms with Gasteiger partial charge in [-0.15, -0.1) is 0 Å². The Morgan fingerprint density at radius 2 is 0.400 bits per heavy atom. The number of unbranched alkanes of at least 4 members (excludes halogenated alkanes) is 34. The average molecular weight is 635 g/mol. The van der Waals surface area contributed by atoms with Crippen molar-refractivity contribution in [1.82, 2.24) is 0 Å². The summed E-state index contributed by atoms with van der Waals surface area (Å²) < 4.78 is 6.32. The van der Waals surface area contributed by atoms with E-state index in [1.54, 1.807) is 0 Å². The Labute approximate surface area is 288 Å². The van der Waals surface area contributed by atoms with Crippen LogP contribution in [0.5, 0.6) is 0 Å². The summed E-state index contributed by atoms with van der Waals surface area (Å²) in [7, 11) is 0. The van der Waals surface area contributed by atoms with Crippen LogP contribution in [0.15, 0.2) is 0 Å². The fourth-order valence-electron chi connectivity index (χ4n) is 7.20. The van der Waals surface area contributed by atoms with Crippen LogP contribution in [-0.2, 0) is 4.74 Å². The van der Waals surface area contributed by atoms with Gasteiger partial charge in [-0.3, -0.25) is 0 Å². The molecule has 2 atom stereocenters. The van der Waals surface area contributed by atoms with E-state index in [4.69, 9.17) is 4.74 Å². The first-order valence-electron chi connectivity index (χ1n) is 21.9. The lowest BCUT2D eigenvalue weighted by atomic mass is 10.0. The molecule has 0 aromatic heterocycles. The molecule has 0 spiro atoms. The lowest BCUT2D eigenvalue weighted by Crippen LogP contribution is -2.17. The van der Waals surface area contributed by atoms with Gasteiger partial charge >= 0.3 is 0 Å². The molecule has 0 radical (unpaired) electrons. The lowest BCUT2D eigenvalue weighted by Gasteiger charge is -2.19. The van der Waals surface area contributed by atoms with Crippen LogP contribution in [0, 0.1) is 0 Å². The van der Waals surface area contributed by atoms with Crippen molar-refractivity contribution < 1.29 is 4.74 Å². The molecule has 0 aliphatic heterocycles. The molecule has 0 amide bonds. The monoisotopic (exact) mass is 635 g/mol. The standard InChI is InChI=1S/C44H90O/c1-5-7-9-11-13-15-17-19-21-23-25-27-29-31-33-35-37-39-41-43(3)45-44(4)42-40-38-36-34-32-30-28-26-24-22-20-18-16-14-12-10-8-6-2/h43-44H,5-42H2,1-4H3. The molecule has 0 saturated heterocycles. The summed E-state index contributed by atoms with van der Waals surface area (Å²) >= 11 is 0. The molecule has 1 heteroatoms. The summed E-state index contributed by atoms with van der Waals surface area (Å²) in [6.07, 6.45) is 55.6. The van der Waals surface area contributed by atoms with Crippen LogP contribution in [0.3, 0.4) is 0 Å². The van der Waals surface area contributed by atoms with Gasteiger partial charge in [0.1, 0.15) is 0 Å². The first-order chi connectivity index (χ1) is 22.2. The van der Waals surface area contributed by atoms with Gasteiger partial charge in [-0.05, 0) is 26.7 Å². The molecule has 1 nitrogen and oxygen atoms in total. The first kappa shape index (κ1) is 45.0. The van der Waals surface area contributed by atoms with E-state index >= 15 is 0 Å². The number of rotatable bonds is 40. The summed E-state index contributed by atoms with van der Waals surface area (Å²) in [6, 6.07) is 0. The van der Waals surface area contributed by atoms with Crippen LogP contribution < -0.4 is 0 Å². The smallest absolute Gasteiger partial charge is 0.0550 e. The summed E-state index contributed by atoms with van der Waals surface area (Å²) in [5.41, 5.74) is 0. The Bertz CT molecular complexity index is 457. The van der Waals surface area contributed by atoms with E-state index in [1.807, 2.05) is 0 Å². The molecule has 0 heterocycles. The van der Waals surface area contributed by atoms with Crippen molar-refractivity contribution in [2.45, 2.75) is 284 Å². The molecule has 0 saturated carbocycles. The molecule has 0 aliphatic carbocycles. The van der Waals surface area contributed by atoms with Gasteiger partial charge in [0.15, 0.2) is 0 Å². The second kappa shape index (κ2) is 40.1. The summed E-state index contributed by atoms with van der Waals surface area (Å²) in [5, 5.41) is 0. The predicted molar refractivity (Wildman–Crippen MR) is 207 cm³/mol. The highest BCUT2D eigenvalue weighted by atomic mass is 16.5. The molecule has 0 rings (SSSR count). The highest BCUT2D eigenvalue weighted by Gasteiger charge is 2.08. The molecular formula is C44H90O. The van der Waals surface area contributed by atoms with Crippen molar-refractivity contribution in [2.75, 3.05) is 0 Å². The van der Waals surface area contributed by atoms with E-state index < -0.39 is 0 Å². The zero-order chi connectivity index (χ0) is 32.7. The highest BCUT2D eigenvalue weighted by molar-refractivity contribution is 4.59. The maximum Gasteiger partial charge on any atom is 0.0550 e. The van der Waals surface area contributed by atoms with Crippen LogP contribution in [0.25, 0.3) is 0 Å². The Hall–Kier alpha value is -0.0400. The van der Waals surface area contributed by atoms with Crippen LogP contribution in [0.2, 0.25) is 0 Å². The molecule has 0 bridgehead atoms. The quantitative estimate of drug-likeness (QED) is 0.0609. The lowest BCUT2D eigenvalue weighted by molar-refractivity contribution is -0.00232. The minimum Gasteiger partial charge on any atom is -0.376 e. The number of hydrogen-bond donors (Lipinski definition) is 0. The van der Waals surface area contributed by atoms with Crippen molar-refractivity contribution in [3.05, 3.63) is 0 Å². The molecule has 0 N–H and O–H groups in total. The highest BCUT2D eigenvalue weighted by Crippen LogP contribution is 2.18. The number of ether oxygens (including phenoxy) is 1. The van der Waals surface area contributed by atoms with Crippen molar-refractivity contribution in [3.63, 3.8) is 0 Å². The van der Waals surface area contributed by atoms with Crippen molar-refractivity contribution in [2.24, 2.45) is 0 Å². The summed E-state index contributed by atoms with van der Waals surface area (Å²) in [6.45, 7) is 9.23. The Balaban J connectivity index is 3.25. The maximum absolute atomic E-state index is 6.32. The van der Waals surface area contributed by atoms with Crippen molar-refractivity contribution in [3.8, 4) is 0 Å². The van der Waals surface area contributed by atoms with E-state index in [-0.39, 0.29) is 0 Å².